The minimum Gasteiger partial charge on any atom is -0.344 e. The third-order valence-corrected chi connectivity index (χ3v) is 1.91. The minimum atomic E-state index is 0. The molecule has 0 spiro atoms. The second-order valence-electron chi connectivity index (χ2n) is 3.03. The Bertz CT molecular complexity index is 55.5. The summed E-state index contributed by atoms with van der Waals surface area (Å²) < 4.78 is 0. The molecule has 13 heavy (non-hydrogen) atoms. The first-order valence-corrected chi connectivity index (χ1v) is 4.83. The van der Waals surface area contributed by atoms with Gasteiger partial charge < -0.3 is 27.4 Å². The van der Waals surface area contributed by atoms with E-state index >= 15 is 0 Å². The standard InChI is InChI=1S/C8H20N4.H3N/c1-2-9-4-6-11-8-12-7-5-10-3-1;/h9-12H,1-8H2;1H3. The predicted molar refractivity (Wildman–Crippen MR) is 56.3 cm³/mol. The zero-order chi connectivity index (χ0) is 8.49. The van der Waals surface area contributed by atoms with Crippen LogP contribution in [-0.4, -0.2) is 45.9 Å². The second kappa shape index (κ2) is 9.88. The van der Waals surface area contributed by atoms with Crippen LogP contribution in [0.15, 0.2) is 0 Å². The molecule has 1 aliphatic rings. The maximum atomic E-state index is 3.37. The monoisotopic (exact) mass is 189 g/mol. The van der Waals surface area contributed by atoms with Crippen LogP contribution < -0.4 is 27.4 Å². The molecule has 1 fully saturated rings. The Kier molecular flexibility index (Phi) is 9.73. The van der Waals surface area contributed by atoms with Crippen molar-refractivity contribution in [1.29, 1.82) is 0 Å². The molecule has 0 aromatic carbocycles. The lowest BCUT2D eigenvalue weighted by Crippen LogP contribution is -2.39. The summed E-state index contributed by atoms with van der Waals surface area (Å²) in [7, 11) is 0. The Balaban J connectivity index is 0.00000144. The van der Waals surface area contributed by atoms with Gasteiger partial charge in [0.15, 0.2) is 0 Å². The molecular formula is C8H23N5. The highest BCUT2D eigenvalue weighted by molar-refractivity contribution is 4.57. The predicted octanol–water partition coefficient (Wildman–Crippen LogP) is -1.13. The van der Waals surface area contributed by atoms with E-state index in [2.05, 4.69) is 21.3 Å². The van der Waals surface area contributed by atoms with E-state index in [0.29, 0.717) is 0 Å². The molecule has 5 nitrogen and oxygen atoms in total. The fourth-order valence-electron chi connectivity index (χ4n) is 1.21. The molecule has 0 aromatic heterocycles. The van der Waals surface area contributed by atoms with Gasteiger partial charge in [-0.15, -0.1) is 0 Å². The summed E-state index contributed by atoms with van der Waals surface area (Å²) in [6.07, 6.45) is 1.22. The molecule has 5 heteroatoms. The summed E-state index contributed by atoms with van der Waals surface area (Å²) in [5, 5.41) is 13.3. The summed E-state index contributed by atoms with van der Waals surface area (Å²) in [6, 6.07) is 0. The van der Waals surface area contributed by atoms with E-state index in [1.54, 1.807) is 0 Å². The van der Waals surface area contributed by atoms with Crippen molar-refractivity contribution in [2.24, 2.45) is 0 Å². The molecule has 7 N–H and O–H groups in total. The Morgan fingerprint density at radius 2 is 1.00 bits per heavy atom. The van der Waals surface area contributed by atoms with Crippen molar-refractivity contribution in [2.75, 3.05) is 45.9 Å². The molecule has 0 atom stereocenters. The topological polar surface area (TPSA) is 83.1 Å². The van der Waals surface area contributed by atoms with Gasteiger partial charge in [-0.2, -0.15) is 0 Å². The molecular weight excluding hydrogens is 166 g/mol. The number of hydrogen-bond donors (Lipinski definition) is 5. The summed E-state index contributed by atoms with van der Waals surface area (Å²) >= 11 is 0. The van der Waals surface area contributed by atoms with Gasteiger partial charge in [0.2, 0.25) is 0 Å². The van der Waals surface area contributed by atoms with Gasteiger partial charge in [-0.3, -0.25) is 0 Å². The molecule has 0 aromatic rings. The third kappa shape index (κ3) is 8.14. The minimum absolute atomic E-state index is 0. The lowest BCUT2D eigenvalue weighted by molar-refractivity contribution is 0.513. The lowest BCUT2D eigenvalue weighted by atomic mass is 10.4. The maximum absolute atomic E-state index is 3.37. The molecule has 0 unspecified atom stereocenters. The highest BCUT2D eigenvalue weighted by Crippen LogP contribution is 1.73. The first-order valence-electron chi connectivity index (χ1n) is 4.83. The van der Waals surface area contributed by atoms with E-state index in [-0.39, 0.29) is 6.15 Å². The van der Waals surface area contributed by atoms with E-state index in [0.717, 1.165) is 45.9 Å². The van der Waals surface area contributed by atoms with E-state index in [4.69, 9.17) is 0 Å². The number of nitrogens with one attached hydrogen (secondary N) is 4. The number of rotatable bonds is 0. The molecule has 80 valence electrons. The largest absolute Gasteiger partial charge is 0.344 e. The molecule has 0 amide bonds. The van der Waals surface area contributed by atoms with Gasteiger partial charge in [-0.25, -0.2) is 0 Å². The van der Waals surface area contributed by atoms with Gasteiger partial charge in [0.25, 0.3) is 0 Å². The molecule has 0 bridgehead atoms. The molecule has 1 heterocycles. The Labute approximate surface area is 80.6 Å². The van der Waals surface area contributed by atoms with E-state index in [1.807, 2.05) is 0 Å². The SMILES string of the molecule is C1CNCCNCNCCNC1.N. The van der Waals surface area contributed by atoms with Crippen LogP contribution >= 0.6 is 0 Å². The van der Waals surface area contributed by atoms with E-state index < -0.39 is 0 Å². The normalized spacial score (nSPS) is 22.2. The maximum Gasteiger partial charge on any atom is 0.0455 e. The average Bonchev–Trinajstić information content (AvgIpc) is 2.05. The van der Waals surface area contributed by atoms with Gasteiger partial charge in [-0.05, 0) is 19.5 Å². The zero-order valence-corrected chi connectivity index (χ0v) is 8.36. The van der Waals surface area contributed by atoms with Crippen molar-refractivity contribution in [3.8, 4) is 0 Å². The molecule has 0 radical (unpaired) electrons. The van der Waals surface area contributed by atoms with Crippen LogP contribution in [0.4, 0.5) is 0 Å². The summed E-state index contributed by atoms with van der Waals surface area (Å²) in [5.74, 6) is 0. The molecule has 0 aliphatic carbocycles. The van der Waals surface area contributed by atoms with Gasteiger partial charge in [0, 0.05) is 32.8 Å². The Morgan fingerprint density at radius 3 is 1.54 bits per heavy atom. The highest BCUT2D eigenvalue weighted by atomic mass is 15.1. The van der Waals surface area contributed by atoms with Gasteiger partial charge in [-0.1, -0.05) is 0 Å². The average molecular weight is 189 g/mol. The van der Waals surface area contributed by atoms with E-state index in [1.165, 1.54) is 6.42 Å². The van der Waals surface area contributed by atoms with Crippen LogP contribution in [0.1, 0.15) is 6.42 Å². The molecule has 0 saturated carbocycles. The van der Waals surface area contributed by atoms with Crippen LogP contribution in [0.2, 0.25) is 0 Å². The van der Waals surface area contributed by atoms with Gasteiger partial charge >= 0.3 is 0 Å². The summed E-state index contributed by atoms with van der Waals surface area (Å²) in [5.41, 5.74) is 0. The van der Waals surface area contributed by atoms with Crippen LogP contribution in [0.25, 0.3) is 0 Å². The van der Waals surface area contributed by atoms with Gasteiger partial charge in [0.1, 0.15) is 0 Å². The van der Waals surface area contributed by atoms with Crippen molar-refractivity contribution in [2.45, 2.75) is 6.42 Å². The second-order valence-corrected chi connectivity index (χ2v) is 3.03. The fraction of sp³-hybridized carbons (Fsp3) is 1.00. The highest BCUT2D eigenvalue weighted by Gasteiger charge is 1.92. The van der Waals surface area contributed by atoms with Crippen molar-refractivity contribution in [3.63, 3.8) is 0 Å². The third-order valence-electron chi connectivity index (χ3n) is 1.91. The van der Waals surface area contributed by atoms with Gasteiger partial charge in [0.05, 0.1) is 0 Å². The smallest absolute Gasteiger partial charge is 0.0455 e. The van der Waals surface area contributed by atoms with Crippen molar-refractivity contribution in [1.82, 2.24) is 27.4 Å². The summed E-state index contributed by atoms with van der Waals surface area (Å²) in [6.45, 7) is 7.43. The quantitative estimate of drug-likeness (QED) is 0.333. The van der Waals surface area contributed by atoms with E-state index in [9.17, 15) is 0 Å². The first-order chi connectivity index (χ1) is 6.00. The van der Waals surface area contributed by atoms with Crippen molar-refractivity contribution in [3.05, 3.63) is 0 Å². The van der Waals surface area contributed by atoms with Crippen molar-refractivity contribution < 1.29 is 0 Å². The first kappa shape index (κ1) is 12.8. The van der Waals surface area contributed by atoms with Crippen LogP contribution in [0.3, 0.4) is 0 Å². The Hall–Kier alpha value is -0.200. The molecule has 1 aliphatic heterocycles. The van der Waals surface area contributed by atoms with Crippen LogP contribution in [0, 0.1) is 0 Å². The summed E-state index contributed by atoms with van der Waals surface area (Å²) in [4.78, 5) is 0. The molecule has 1 rings (SSSR count). The Morgan fingerprint density at radius 1 is 0.538 bits per heavy atom. The zero-order valence-electron chi connectivity index (χ0n) is 8.36. The number of hydrogen-bond acceptors (Lipinski definition) is 5. The molecule has 1 saturated heterocycles. The van der Waals surface area contributed by atoms with Crippen LogP contribution in [0.5, 0.6) is 0 Å². The van der Waals surface area contributed by atoms with Crippen molar-refractivity contribution >= 4 is 0 Å². The lowest BCUT2D eigenvalue weighted by Gasteiger charge is -2.11. The van der Waals surface area contributed by atoms with Crippen LogP contribution in [-0.2, 0) is 0 Å². The fourth-order valence-corrected chi connectivity index (χ4v) is 1.21.